The number of hydrogen-bond donors (Lipinski definition) is 0. The standard InChI is InChI=1S/C14H22N4O2/c1-11-15-16-14(20-11)12-3-2-6-18(9-12)13-4-7-17(10-19)8-5-13/h10,12-13H,2-9H2,1H3. The molecule has 2 fully saturated rings. The molecule has 0 spiro atoms. The fourth-order valence-corrected chi connectivity index (χ4v) is 3.37. The van der Waals surface area contributed by atoms with Gasteiger partial charge in [0.05, 0.1) is 5.92 Å². The summed E-state index contributed by atoms with van der Waals surface area (Å²) < 4.78 is 5.59. The van der Waals surface area contributed by atoms with Gasteiger partial charge < -0.3 is 9.32 Å². The average molecular weight is 278 g/mol. The largest absolute Gasteiger partial charge is 0.425 e. The van der Waals surface area contributed by atoms with E-state index < -0.39 is 0 Å². The molecule has 2 aliphatic heterocycles. The third-order valence-corrected chi connectivity index (χ3v) is 4.51. The van der Waals surface area contributed by atoms with E-state index in [-0.39, 0.29) is 0 Å². The minimum Gasteiger partial charge on any atom is -0.425 e. The third kappa shape index (κ3) is 2.85. The maximum absolute atomic E-state index is 10.8. The van der Waals surface area contributed by atoms with E-state index in [4.69, 9.17) is 4.42 Å². The van der Waals surface area contributed by atoms with E-state index in [1.165, 1.54) is 6.42 Å². The highest BCUT2D eigenvalue weighted by Gasteiger charge is 2.31. The summed E-state index contributed by atoms with van der Waals surface area (Å²) in [5.74, 6) is 1.81. The Morgan fingerprint density at radius 1 is 1.20 bits per heavy atom. The smallest absolute Gasteiger partial charge is 0.220 e. The molecule has 0 radical (unpaired) electrons. The van der Waals surface area contributed by atoms with Crippen LogP contribution in [0.1, 0.15) is 43.4 Å². The van der Waals surface area contributed by atoms with Crippen molar-refractivity contribution in [2.24, 2.45) is 0 Å². The summed E-state index contributed by atoms with van der Waals surface area (Å²) in [6.45, 7) is 5.76. The first-order chi connectivity index (χ1) is 9.76. The molecule has 1 unspecified atom stereocenters. The summed E-state index contributed by atoms with van der Waals surface area (Å²) in [6.07, 6.45) is 5.43. The molecule has 0 N–H and O–H groups in total. The van der Waals surface area contributed by atoms with Crippen molar-refractivity contribution in [2.45, 2.75) is 44.6 Å². The van der Waals surface area contributed by atoms with Crippen LogP contribution in [0.4, 0.5) is 0 Å². The highest BCUT2D eigenvalue weighted by molar-refractivity contribution is 5.47. The number of likely N-dealkylation sites (tertiary alicyclic amines) is 2. The highest BCUT2D eigenvalue weighted by Crippen LogP contribution is 2.29. The fraction of sp³-hybridized carbons (Fsp3) is 0.786. The molecular formula is C14H22N4O2. The SMILES string of the molecule is Cc1nnc(C2CCCN(C3CCN(C=O)CC3)C2)o1. The Kier molecular flexibility index (Phi) is 4.00. The predicted octanol–water partition coefficient (Wildman–Crippen LogP) is 1.18. The Balaban J connectivity index is 1.59. The van der Waals surface area contributed by atoms with Gasteiger partial charge in [-0.25, -0.2) is 0 Å². The molecule has 1 aromatic heterocycles. The summed E-state index contributed by atoms with van der Waals surface area (Å²) in [7, 11) is 0. The van der Waals surface area contributed by atoms with E-state index in [0.717, 1.165) is 57.7 Å². The number of hydrogen-bond acceptors (Lipinski definition) is 5. The van der Waals surface area contributed by atoms with Gasteiger partial charge in [-0.2, -0.15) is 0 Å². The van der Waals surface area contributed by atoms with E-state index in [2.05, 4.69) is 15.1 Å². The van der Waals surface area contributed by atoms with Crippen molar-refractivity contribution in [1.82, 2.24) is 20.0 Å². The lowest BCUT2D eigenvalue weighted by Crippen LogP contribution is -2.47. The lowest BCUT2D eigenvalue weighted by molar-refractivity contribution is -0.119. The summed E-state index contributed by atoms with van der Waals surface area (Å²) >= 11 is 0. The van der Waals surface area contributed by atoms with Gasteiger partial charge in [-0.3, -0.25) is 9.69 Å². The quantitative estimate of drug-likeness (QED) is 0.777. The number of aromatic nitrogens is 2. The molecular weight excluding hydrogens is 256 g/mol. The van der Waals surface area contributed by atoms with Crippen LogP contribution >= 0.6 is 0 Å². The monoisotopic (exact) mass is 278 g/mol. The number of rotatable bonds is 3. The van der Waals surface area contributed by atoms with Crippen molar-refractivity contribution < 1.29 is 9.21 Å². The van der Waals surface area contributed by atoms with Crippen LogP contribution in [0.3, 0.4) is 0 Å². The Morgan fingerprint density at radius 3 is 2.65 bits per heavy atom. The lowest BCUT2D eigenvalue weighted by Gasteiger charge is -2.40. The van der Waals surface area contributed by atoms with Gasteiger partial charge in [0.1, 0.15) is 0 Å². The van der Waals surface area contributed by atoms with Crippen LogP contribution in [0.2, 0.25) is 0 Å². The molecule has 6 nitrogen and oxygen atoms in total. The number of carbonyl (C=O) groups excluding carboxylic acids is 1. The molecule has 0 aromatic carbocycles. The Hall–Kier alpha value is -1.43. The van der Waals surface area contributed by atoms with Crippen LogP contribution in [0.5, 0.6) is 0 Å². The topological polar surface area (TPSA) is 62.5 Å². The molecule has 3 heterocycles. The van der Waals surface area contributed by atoms with Gasteiger partial charge in [0, 0.05) is 32.6 Å². The van der Waals surface area contributed by atoms with Crippen molar-refractivity contribution in [1.29, 1.82) is 0 Å². The number of amides is 1. The normalized spacial score (nSPS) is 25.9. The molecule has 20 heavy (non-hydrogen) atoms. The van der Waals surface area contributed by atoms with Gasteiger partial charge in [0.25, 0.3) is 0 Å². The van der Waals surface area contributed by atoms with Gasteiger partial charge in [0.2, 0.25) is 18.2 Å². The zero-order valence-electron chi connectivity index (χ0n) is 12.0. The Labute approximate surface area is 119 Å². The van der Waals surface area contributed by atoms with Crippen LogP contribution in [-0.2, 0) is 4.79 Å². The second kappa shape index (κ2) is 5.91. The zero-order valence-corrected chi connectivity index (χ0v) is 12.0. The average Bonchev–Trinajstić information content (AvgIpc) is 2.94. The Bertz CT molecular complexity index is 454. The van der Waals surface area contributed by atoms with Crippen LogP contribution < -0.4 is 0 Å². The van der Waals surface area contributed by atoms with Crippen molar-refractivity contribution >= 4 is 6.41 Å². The first-order valence-electron chi connectivity index (χ1n) is 7.49. The van der Waals surface area contributed by atoms with Crippen molar-refractivity contribution in [3.63, 3.8) is 0 Å². The van der Waals surface area contributed by atoms with Gasteiger partial charge in [0.15, 0.2) is 0 Å². The zero-order chi connectivity index (χ0) is 13.9. The maximum Gasteiger partial charge on any atom is 0.220 e. The van der Waals surface area contributed by atoms with Crippen molar-refractivity contribution in [2.75, 3.05) is 26.2 Å². The molecule has 1 amide bonds. The van der Waals surface area contributed by atoms with Crippen LogP contribution in [-0.4, -0.2) is 58.6 Å². The van der Waals surface area contributed by atoms with E-state index in [9.17, 15) is 4.79 Å². The number of nitrogens with zero attached hydrogens (tertiary/aromatic N) is 4. The summed E-state index contributed by atoms with van der Waals surface area (Å²) in [5, 5.41) is 8.12. The highest BCUT2D eigenvalue weighted by atomic mass is 16.4. The van der Waals surface area contributed by atoms with E-state index in [0.29, 0.717) is 17.9 Å². The fourth-order valence-electron chi connectivity index (χ4n) is 3.37. The van der Waals surface area contributed by atoms with Crippen LogP contribution in [0, 0.1) is 6.92 Å². The van der Waals surface area contributed by atoms with Crippen LogP contribution in [0.15, 0.2) is 4.42 Å². The molecule has 110 valence electrons. The minimum absolute atomic E-state index is 0.369. The van der Waals surface area contributed by atoms with Gasteiger partial charge in [-0.05, 0) is 32.2 Å². The van der Waals surface area contributed by atoms with Gasteiger partial charge >= 0.3 is 0 Å². The summed E-state index contributed by atoms with van der Waals surface area (Å²) in [4.78, 5) is 15.2. The molecule has 6 heteroatoms. The lowest BCUT2D eigenvalue weighted by atomic mass is 9.94. The van der Waals surface area contributed by atoms with E-state index in [1.54, 1.807) is 0 Å². The molecule has 1 atom stereocenters. The number of aryl methyl sites for hydroxylation is 1. The number of piperidine rings is 2. The molecule has 0 saturated carbocycles. The second-order valence-corrected chi connectivity index (χ2v) is 5.87. The van der Waals surface area contributed by atoms with E-state index >= 15 is 0 Å². The Morgan fingerprint density at radius 2 is 2.00 bits per heavy atom. The maximum atomic E-state index is 10.8. The molecule has 2 aliphatic rings. The molecule has 0 bridgehead atoms. The first kappa shape index (κ1) is 13.5. The predicted molar refractivity (Wildman–Crippen MR) is 73.2 cm³/mol. The second-order valence-electron chi connectivity index (χ2n) is 5.87. The van der Waals surface area contributed by atoms with Crippen LogP contribution in [0.25, 0.3) is 0 Å². The van der Waals surface area contributed by atoms with Crippen molar-refractivity contribution in [3.05, 3.63) is 11.8 Å². The van der Waals surface area contributed by atoms with E-state index in [1.807, 2.05) is 11.8 Å². The number of carbonyl (C=O) groups is 1. The van der Waals surface area contributed by atoms with Gasteiger partial charge in [-0.1, -0.05) is 0 Å². The molecule has 1 aromatic rings. The summed E-state index contributed by atoms with van der Waals surface area (Å²) in [6, 6.07) is 0.595. The minimum atomic E-state index is 0.369. The van der Waals surface area contributed by atoms with Gasteiger partial charge in [-0.15, -0.1) is 10.2 Å². The molecule has 3 rings (SSSR count). The summed E-state index contributed by atoms with van der Waals surface area (Å²) in [5.41, 5.74) is 0. The molecule has 0 aliphatic carbocycles. The third-order valence-electron chi connectivity index (χ3n) is 4.51. The van der Waals surface area contributed by atoms with Crippen molar-refractivity contribution in [3.8, 4) is 0 Å². The first-order valence-corrected chi connectivity index (χ1v) is 7.49. The molecule has 2 saturated heterocycles.